The molecule has 11 heteroatoms. The Hall–Kier alpha value is 4.15. The van der Waals surface area contributed by atoms with Crippen molar-refractivity contribution in [2.75, 3.05) is 7.11 Å². The molecule has 0 saturated carbocycles. The van der Waals surface area contributed by atoms with Crippen molar-refractivity contribution in [3.05, 3.63) is 12.2 Å². The van der Waals surface area contributed by atoms with Crippen molar-refractivity contribution in [2.45, 2.75) is 6.92 Å². The minimum absolute atomic E-state index is 0. The summed E-state index contributed by atoms with van der Waals surface area (Å²) >= 11 is -0.250. The zero-order valence-electron chi connectivity index (χ0n) is 6.94. The third kappa shape index (κ3) is 64.4. The standard InChI is InChI=1S/C5H8O2.CH2O.5Na.H2O2S.5H/c1-4(2)5(6)7-3;1-2;;;;;;1-3-2;;;;;/h1H2,2-3H3;1H2;;;;;;1-2H;;;;;. The Balaban J connectivity index is -0.0000000121. The summed E-state index contributed by atoms with van der Waals surface area (Å²) in [5.74, 6) is -0.347. The predicted octanol–water partition coefficient (Wildman–Crippen LogP) is -2.03. The fourth-order valence-electron chi connectivity index (χ4n) is 0.174. The zero-order valence-corrected chi connectivity index (χ0v) is 7.76. The van der Waals surface area contributed by atoms with Gasteiger partial charge < -0.3 is 18.6 Å². The van der Waals surface area contributed by atoms with E-state index in [0.29, 0.717) is 5.57 Å². The molecule has 5 nitrogen and oxygen atoms in total. The summed E-state index contributed by atoms with van der Waals surface area (Å²) in [6.07, 6.45) is 0. The van der Waals surface area contributed by atoms with Gasteiger partial charge in [-0.2, -0.15) is 0 Å². The van der Waals surface area contributed by atoms with Crippen LogP contribution in [-0.4, -0.2) is 177 Å². The van der Waals surface area contributed by atoms with Crippen molar-refractivity contribution in [3.63, 3.8) is 0 Å². The molecule has 0 rings (SSSR count). The Morgan fingerprint density at radius 3 is 1.24 bits per heavy atom. The molecule has 0 heterocycles. The summed E-state index contributed by atoms with van der Waals surface area (Å²) in [6.45, 7) is 6.95. The summed E-state index contributed by atoms with van der Waals surface area (Å²) in [5.41, 5.74) is 0.433. The molecule has 0 atom stereocenters. The number of esters is 1. The topological polar surface area (TPSA) is 83.8 Å². The second-order valence-corrected chi connectivity index (χ2v) is 1.52. The van der Waals surface area contributed by atoms with Gasteiger partial charge in [-0.1, -0.05) is 6.58 Å². The van der Waals surface area contributed by atoms with Crippen LogP contribution in [0.1, 0.15) is 6.92 Å². The van der Waals surface area contributed by atoms with Crippen molar-refractivity contribution in [1.82, 2.24) is 0 Å². The van der Waals surface area contributed by atoms with E-state index in [9.17, 15) is 4.79 Å². The van der Waals surface area contributed by atoms with Crippen LogP contribution in [0.25, 0.3) is 0 Å². The Morgan fingerprint density at radius 1 is 1.06 bits per heavy atom. The Bertz CT molecular complexity index is 140. The molecule has 0 saturated heterocycles. The van der Waals surface area contributed by atoms with Crippen LogP contribution in [0.15, 0.2) is 12.2 Å². The summed E-state index contributed by atoms with van der Waals surface area (Å²) in [7, 11) is 1.33. The van der Waals surface area contributed by atoms with Gasteiger partial charge in [-0.25, -0.2) is 4.79 Å². The second kappa shape index (κ2) is 50.1. The van der Waals surface area contributed by atoms with Gasteiger partial charge in [0.1, 0.15) is 6.79 Å². The number of methoxy groups -OCH3 is 1. The number of ether oxygens (including phenoxy) is 1. The van der Waals surface area contributed by atoms with E-state index in [-0.39, 0.29) is 166 Å². The molecule has 2 N–H and O–H groups in total. The van der Waals surface area contributed by atoms with E-state index in [2.05, 4.69) is 11.3 Å². The summed E-state index contributed by atoms with van der Waals surface area (Å²) < 4.78 is 18.4. The molecule has 0 aliphatic heterocycles. The molecule has 0 spiro atoms. The first kappa shape index (κ1) is 49.7. The normalized spacial score (nSPS) is 4.47. The molecule has 82 valence electrons. The monoisotopic (exact) mass is 316 g/mol. The molecule has 0 unspecified atom stereocenters. The van der Waals surface area contributed by atoms with Gasteiger partial charge in [-0.3, -0.25) is 0 Å². The fourth-order valence-corrected chi connectivity index (χ4v) is 0.174. The molecule has 0 aliphatic carbocycles. The average Bonchev–Trinajstić information content (AvgIpc) is 2.08. The first-order valence-corrected chi connectivity index (χ1v) is 3.30. The first-order chi connectivity index (χ1) is 5.59. The van der Waals surface area contributed by atoms with Crippen LogP contribution in [0.4, 0.5) is 0 Å². The maximum absolute atomic E-state index is 10.2. The van der Waals surface area contributed by atoms with E-state index >= 15 is 0 Å². The summed E-state index contributed by atoms with van der Waals surface area (Å²) in [5, 5.41) is 0. The van der Waals surface area contributed by atoms with Gasteiger partial charge in [0.05, 0.1) is 7.11 Å². The molecule has 0 aromatic heterocycles. The van der Waals surface area contributed by atoms with Crippen molar-refractivity contribution in [1.29, 1.82) is 0 Å². The predicted molar refractivity (Wildman–Crippen MR) is 82.5 cm³/mol. The number of rotatable bonds is 1. The Labute approximate surface area is 218 Å². The zero-order chi connectivity index (χ0) is 10.6. The molecule has 0 bridgehead atoms. The van der Waals surface area contributed by atoms with E-state index in [1.54, 1.807) is 6.92 Å². The number of hydrogen-bond acceptors (Lipinski definition) is 6. The summed E-state index contributed by atoms with van der Waals surface area (Å²) in [4.78, 5) is 18.2. The number of carbonyl (C=O) groups is 2. The van der Waals surface area contributed by atoms with E-state index in [0.717, 1.165) is 0 Å². The number of hydrogen-bond donors (Lipinski definition) is 2. The van der Waals surface area contributed by atoms with Gasteiger partial charge in [0, 0.05) is 5.57 Å². The van der Waals surface area contributed by atoms with Gasteiger partial charge in [-0.05, 0) is 6.92 Å². The van der Waals surface area contributed by atoms with Crippen LogP contribution in [0.2, 0.25) is 0 Å². The minimum atomic E-state index is -0.347. The van der Waals surface area contributed by atoms with Crippen LogP contribution in [0.3, 0.4) is 0 Å². The molecular formula is C6H17Na5O5S. The number of carbonyl (C=O) groups excluding carboxylic acids is 2. The third-order valence-electron chi connectivity index (χ3n) is 0.534. The molecule has 17 heavy (non-hydrogen) atoms. The summed E-state index contributed by atoms with van der Waals surface area (Å²) in [6, 6.07) is 0. The third-order valence-corrected chi connectivity index (χ3v) is 0.534. The molecule has 0 aromatic carbocycles. The van der Waals surface area contributed by atoms with Gasteiger partial charge in [0.25, 0.3) is 0 Å². The Kier molecular flexibility index (Phi) is 146. The fraction of sp³-hybridized carbons (Fsp3) is 0.333. The van der Waals surface area contributed by atoms with E-state index < -0.39 is 0 Å². The van der Waals surface area contributed by atoms with Crippen molar-refractivity contribution in [2.24, 2.45) is 0 Å². The van der Waals surface area contributed by atoms with Crippen molar-refractivity contribution < 1.29 is 23.4 Å². The molecular weight excluding hydrogens is 299 g/mol. The SMILES string of the molecule is C=C(C)C(=O)OC.C=O.OSO.[NaH].[NaH].[NaH].[NaH].[NaH]. The van der Waals surface area contributed by atoms with Crippen LogP contribution in [-0.2, 0) is 14.3 Å². The van der Waals surface area contributed by atoms with Crippen molar-refractivity contribution in [3.8, 4) is 0 Å². The Morgan fingerprint density at radius 2 is 1.24 bits per heavy atom. The quantitative estimate of drug-likeness (QED) is 0.251. The van der Waals surface area contributed by atoms with Crippen LogP contribution in [0.5, 0.6) is 0 Å². The molecule has 0 aromatic rings. The van der Waals surface area contributed by atoms with Gasteiger partial charge in [0.2, 0.25) is 0 Å². The van der Waals surface area contributed by atoms with E-state index in [1.165, 1.54) is 7.11 Å². The molecule has 0 fully saturated rings. The molecule has 0 amide bonds. The van der Waals surface area contributed by atoms with Gasteiger partial charge >= 0.3 is 154 Å². The molecule has 0 aliphatic rings. The molecule has 0 radical (unpaired) electrons. The van der Waals surface area contributed by atoms with Gasteiger partial charge in [0.15, 0.2) is 12.3 Å². The maximum atomic E-state index is 10.2. The first-order valence-electron chi connectivity index (χ1n) is 2.57. The van der Waals surface area contributed by atoms with E-state index in [1.807, 2.05) is 6.79 Å². The van der Waals surface area contributed by atoms with E-state index in [4.69, 9.17) is 13.9 Å². The van der Waals surface area contributed by atoms with Crippen LogP contribution < -0.4 is 0 Å². The van der Waals surface area contributed by atoms with Crippen molar-refractivity contribution >= 4 is 173 Å². The second-order valence-electron chi connectivity index (χ2n) is 1.35. The van der Waals surface area contributed by atoms with Crippen LogP contribution in [0, 0.1) is 0 Å². The van der Waals surface area contributed by atoms with Crippen LogP contribution >= 0.6 is 12.3 Å². The van der Waals surface area contributed by atoms with Gasteiger partial charge in [-0.15, -0.1) is 0 Å². The average molecular weight is 316 g/mol.